The van der Waals surface area contributed by atoms with Crippen molar-refractivity contribution in [2.75, 3.05) is 14.1 Å². The van der Waals surface area contributed by atoms with E-state index in [0.717, 1.165) is 19.3 Å². The molecule has 0 rings (SSSR count). The largest absolute Gasteiger partial charge is 0.540 e. The van der Waals surface area contributed by atoms with Crippen LogP contribution in [0.5, 0.6) is 0 Å². The van der Waals surface area contributed by atoms with Crippen molar-refractivity contribution in [3.63, 3.8) is 0 Å². The topological polar surface area (TPSA) is 48.0 Å². The maximum Gasteiger partial charge on any atom is 0.540 e. The molecule has 0 aromatic heterocycles. The molecule has 0 saturated carbocycles. The zero-order chi connectivity index (χ0) is 13.3. The SMILES string of the molecule is [CH2-]CCCCC(OP(=O)(OF)OF)[PH2+]N(C)C. The maximum atomic E-state index is 11.9. The van der Waals surface area contributed by atoms with Crippen LogP contribution in [0.4, 0.5) is 9.05 Å². The van der Waals surface area contributed by atoms with Crippen molar-refractivity contribution in [2.24, 2.45) is 0 Å². The van der Waals surface area contributed by atoms with E-state index in [1.54, 1.807) is 14.1 Å². The van der Waals surface area contributed by atoms with Crippen LogP contribution in [0, 0.1) is 6.92 Å². The van der Waals surface area contributed by atoms with E-state index in [-0.39, 0.29) is 0 Å². The summed E-state index contributed by atoms with van der Waals surface area (Å²) in [5, 5.41) is 0. The van der Waals surface area contributed by atoms with E-state index in [2.05, 4.69) is 16.4 Å². The molecule has 0 aliphatic carbocycles. The minimum absolute atomic E-state index is 0.423. The van der Waals surface area contributed by atoms with Crippen LogP contribution >= 0.6 is 16.6 Å². The zero-order valence-corrected chi connectivity index (χ0v) is 12.0. The van der Waals surface area contributed by atoms with Gasteiger partial charge in [-0.25, -0.2) is 9.09 Å². The van der Waals surface area contributed by atoms with Crippen molar-refractivity contribution in [1.29, 1.82) is 0 Å². The van der Waals surface area contributed by atoms with Gasteiger partial charge in [-0.3, -0.25) is 0 Å². The van der Waals surface area contributed by atoms with Crippen LogP contribution in [0.15, 0.2) is 0 Å². The second-order valence-electron chi connectivity index (χ2n) is 3.69. The molecule has 2 atom stereocenters. The second kappa shape index (κ2) is 9.31. The predicted molar refractivity (Wildman–Crippen MR) is 64.1 cm³/mol. The lowest BCUT2D eigenvalue weighted by Gasteiger charge is -2.16. The molecule has 17 heavy (non-hydrogen) atoms. The number of hydrogen-bond acceptors (Lipinski definition) is 5. The van der Waals surface area contributed by atoms with Gasteiger partial charge in [0.25, 0.3) is 0 Å². The number of nitrogens with zero attached hydrogens (tertiary/aromatic N) is 1. The lowest BCUT2D eigenvalue weighted by atomic mass is 10.2. The third-order valence-corrected chi connectivity index (χ3v) is 4.38. The summed E-state index contributed by atoms with van der Waals surface area (Å²) >= 11 is 0. The fraction of sp³-hybridized carbons (Fsp3) is 0.875. The van der Waals surface area contributed by atoms with E-state index in [4.69, 9.17) is 4.52 Å². The van der Waals surface area contributed by atoms with Gasteiger partial charge in [0.1, 0.15) is 0 Å². The minimum Gasteiger partial charge on any atom is -0.343 e. The van der Waals surface area contributed by atoms with E-state index in [0.29, 0.717) is 6.42 Å². The third-order valence-electron chi connectivity index (χ3n) is 1.89. The number of unbranched alkanes of at least 4 members (excludes halogenated alkanes) is 2. The molecule has 0 bridgehead atoms. The highest BCUT2D eigenvalue weighted by atomic mass is 31.2. The Hall–Kier alpha value is 0.360. The first-order valence-electron chi connectivity index (χ1n) is 5.17. The van der Waals surface area contributed by atoms with Crippen LogP contribution in [0.3, 0.4) is 0 Å². The summed E-state index contributed by atoms with van der Waals surface area (Å²) in [7, 11) is -1.53. The van der Waals surface area contributed by atoms with Crippen molar-refractivity contribution >= 4 is 16.6 Å². The standard InChI is InChI=1S/C8H18F2NO4P2/c1-4-5-6-7-8(16-11(2)3)13-17(12,14-9)15-10/h8,16H,1,4-7H2,2-3H3/q-1/p+1. The van der Waals surface area contributed by atoms with Gasteiger partial charge in [-0.15, -0.1) is 0 Å². The molecule has 104 valence electrons. The highest BCUT2D eigenvalue weighted by Crippen LogP contribution is 2.54. The Balaban J connectivity index is 4.31. The fourth-order valence-corrected chi connectivity index (χ4v) is 3.46. The van der Waals surface area contributed by atoms with Crippen molar-refractivity contribution in [1.82, 2.24) is 4.67 Å². The molecule has 0 aliphatic rings. The van der Waals surface area contributed by atoms with E-state index in [9.17, 15) is 13.6 Å². The van der Waals surface area contributed by atoms with E-state index in [1.807, 2.05) is 4.67 Å². The number of halogens is 2. The lowest BCUT2D eigenvalue weighted by Crippen LogP contribution is -2.12. The van der Waals surface area contributed by atoms with Crippen LogP contribution in [0.25, 0.3) is 0 Å². The molecular formula is C8H19F2NO4P2. The number of hydrogen-bond donors (Lipinski definition) is 0. The first-order valence-corrected chi connectivity index (χ1v) is 7.81. The zero-order valence-electron chi connectivity index (χ0n) is 9.97. The summed E-state index contributed by atoms with van der Waals surface area (Å²) in [6, 6.07) is 0. The normalized spacial score (nSPS) is 14.9. The quantitative estimate of drug-likeness (QED) is 0.350. The Bertz CT molecular complexity index is 238. The predicted octanol–water partition coefficient (Wildman–Crippen LogP) is 3.52. The molecule has 0 saturated heterocycles. The molecule has 0 spiro atoms. The van der Waals surface area contributed by atoms with Crippen molar-refractivity contribution < 1.29 is 27.6 Å². The van der Waals surface area contributed by atoms with Crippen LogP contribution in [0.2, 0.25) is 0 Å². The van der Waals surface area contributed by atoms with Crippen LogP contribution < -0.4 is 0 Å². The van der Waals surface area contributed by atoms with Crippen molar-refractivity contribution in [3.05, 3.63) is 6.92 Å². The molecule has 0 heterocycles. The van der Waals surface area contributed by atoms with E-state index in [1.165, 1.54) is 0 Å². The average Bonchev–Trinajstić information content (AvgIpc) is 2.28. The summed E-state index contributed by atoms with van der Waals surface area (Å²) in [4.78, 5) is 0. The molecule has 0 aromatic rings. The monoisotopic (exact) mass is 293 g/mol. The lowest BCUT2D eigenvalue weighted by molar-refractivity contribution is -0.120. The first kappa shape index (κ1) is 17.4. The van der Waals surface area contributed by atoms with Crippen molar-refractivity contribution in [3.8, 4) is 0 Å². The van der Waals surface area contributed by atoms with Gasteiger partial charge in [0, 0.05) is 20.5 Å². The first-order chi connectivity index (χ1) is 7.97. The summed E-state index contributed by atoms with van der Waals surface area (Å²) in [6.45, 7) is 3.68. The number of rotatable bonds is 10. The highest BCUT2D eigenvalue weighted by Gasteiger charge is 2.36. The van der Waals surface area contributed by atoms with Gasteiger partial charge in [-0.2, -0.15) is 11.1 Å². The van der Waals surface area contributed by atoms with Gasteiger partial charge in [0.05, 0.1) is 8.73 Å². The molecule has 5 nitrogen and oxygen atoms in total. The Morgan fingerprint density at radius 3 is 2.35 bits per heavy atom. The Labute approximate surface area is 102 Å². The van der Waals surface area contributed by atoms with Crippen molar-refractivity contribution in [2.45, 2.75) is 31.5 Å². The second-order valence-corrected chi connectivity index (χ2v) is 7.15. The van der Waals surface area contributed by atoms with E-state index >= 15 is 0 Å². The third kappa shape index (κ3) is 8.14. The summed E-state index contributed by atoms with van der Waals surface area (Å²) in [5.41, 5.74) is 0. The van der Waals surface area contributed by atoms with Gasteiger partial charge in [0.2, 0.25) is 0 Å². The smallest absolute Gasteiger partial charge is 0.343 e. The van der Waals surface area contributed by atoms with Gasteiger partial charge >= 0.3 is 7.82 Å². The molecule has 0 fully saturated rings. The molecule has 9 heteroatoms. The molecule has 0 aliphatic heterocycles. The van der Waals surface area contributed by atoms with Crippen LogP contribution in [-0.2, 0) is 18.5 Å². The number of phosphoric acid groups is 1. The highest BCUT2D eigenvalue weighted by molar-refractivity contribution is 7.49. The molecular weight excluding hydrogens is 274 g/mol. The Morgan fingerprint density at radius 1 is 1.35 bits per heavy atom. The molecule has 0 N–H and O–H groups in total. The summed E-state index contributed by atoms with van der Waals surface area (Å²) in [6.07, 6.45) is 2.93. The van der Waals surface area contributed by atoms with Crippen LogP contribution in [0.1, 0.15) is 25.7 Å². The van der Waals surface area contributed by atoms with E-state index < -0.39 is 22.4 Å². The van der Waals surface area contributed by atoms with Gasteiger partial charge in [-0.1, -0.05) is 15.9 Å². The average molecular weight is 293 g/mol. The Kier molecular flexibility index (Phi) is 9.51. The van der Waals surface area contributed by atoms with Crippen LogP contribution in [-0.4, -0.2) is 24.6 Å². The molecule has 0 aromatic carbocycles. The van der Waals surface area contributed by atoms with Gasteiger partial charge < -0.3 is 6.92 Å². The molecule has 0 amide bonds. The molecule has 0 radical (unpaired) electrons. The minimum atomic E-state index is -4.70. The van der Waals surface area contributed by atoms with Gasteiger partial charge in [0.15, 0.2) is 5.85 Å². The summed E-state index contributed by atoms with van der Waals surface area (Å²) in [5.74, 6) is -0.547. The fourth-order valence-electron chi connectivity index (χ4n) is 1.22. The van der Waals surface area contributed by atoms with Gasteiger partial charge in [-0.05, 0) is 15.5 Å². The maximum absolute atomic E-state index is 11.9. The molecule has 2 unspecified atom stereocenters. The Morgan fingerprint density at radius 2 is 1.94 bits per heavy atom. The summed E-state index contributed by atoms with van der Waals surface area (Å²) < 4.78 is 47.3.